The van der Waals surface area contributed by atoms with Crippen molar-refractivity contribution in [2.45, 2.75) is 19.6 Å². The lowest BCUT2D eigenvalue weighted by molar-refractivity contribution is 0.0342. The number of hydrogen-bond donors (Lipinski definition) is 1. The van der Waals surface area contributed by atoms with Crippen molar-refractivity contribution in [3.8, 4) is 0 Å². The molecule has 0 aliphatic carbocycles. The van der Waals surface area contributed by atoms with Gasteiger partial charge >= 0.3 is 11.8 Å². The van der Waals surface area contributed by atoms with Crippen LogP contribution >= 0.6 is 11.6 Å². The Bertz CT molecular complexity index is 949. The monoisotopic (exact) mass is 416 g/mol. The molecule has 1 N–H and O–H groups in total. The summed E-state index contributed by atoms with van der Waals surface area (Å²) >= 11 is 5.82. The molecule has 3 heterocycles. The zero-order valence-electron chi connectivity index (χ0n) is 15.8. The molecule has 0 spiro atoms. The van der Waals surface area contributed by atoms with E-state index in [0.29, 0.717) is 17.4 Å². The van der Waals surface area contributed by atoms with Crippen LogP contribution in [0.1, 0.15) is 27.6 Å². The van der Waals surface area contributed by atoms with E-state index in [1.807, 2.05) is 12.1 Å². The fraction of sp³-hybridized carbons (Fsp3) is 0.368. The Labute approximate surface area is 172 Å². The molecule has 1 aliphatic rings. The number of nitrogens with zero attached hydrogens (tertiary/aromatic N) is 5. The highest BCUT2D eigenvalue weighted by molar-refractivity contribution is 6.30. The maximum atomic E-state index is 12.2. The molecule has 9 nitrogen and oxygen atoms in total. The van der Waals surface area contributed by atoms with Gasteiger partial charge in [-0.3, -0.25) is 14.4 Å². The second-order valence-corrected chi connectivity index (χ2v) is 7.20. The van der Waals surface area contributed by atoms with Crippen LogP contribution in [0.4, 0.5) is 0 Å². The van der Waals surface area contributed by atoms with Gasteiger partial charge in [0.05, 0.1) is 24.4 Å². The second kappa shape index (κ2) is 9.17. The average molecular weight is 417 g/mol. The molecule has 10 heteroatoms. The maximum Gasteiger partial charge on any atom is 0.316 e. The van der Waals surface area contributed by atoms with Crippen LogP contribution in [0.2, 0.25) is 5.02 Å². The van der Waals surface area contributed by atoms with Gasteiger partial charge in [-0.05, 0) is 11.1 Å². The summed E-state index contributed by atoms with van der Waals surface area (Å²) in [6, 6.07) is 8.18. The van der Waals surface area contributed by atoms with Crippen LogP contribution < -0.4 is 5.32 Å². The van der Waals surface area contributed by atoms with Crippen LogP contribution in [0, 0.1) is 0 Å². The molecule has 1 fully saturated rings. The molecule has 1 amide bonds. The third-order valence-electron chi connectivity index (χ3n) is 4.55. The van der Waals surface area contributed by atoms with Gasteiger partial charge in [0.2, 0.25) is 0 Å². The fourth-order valence-electron chi connectivity index (χ4n) is 3.02. The smallest absolute Gasteiger partial charge is 0.316 e. The number of carbonyl (C=O) groups excluding carboxylic acids is 1. The van der Waals surface area contributed by atoms with Crippen LogP contribution in [0.5, 0.6) is 0 Å². The minimum absolute atomic E-state index is 0.0813. The number of aromatic nitrogens is 4. The second-order valence-electron chi connectivity index (χ2n) is 6.76. The molecule has 1 saturated heterocycles. The molecule has 0 atom stereocenters. The number of rotatable bonds is 7. The topological polar surface area (TPSA) is 98.3 Å². The van der Waals surface area contributed by atoms with Gasteiger partial charge in [-0.2, -0.15) is 10.1 Å². The Hall–Kier alpha value is -2.75. The molecule has 4 rings (SSSR count). The third-order valence-corrected chi connectivity index (χ3v) is 4.75. The molecule has 0 unspecified atom stereocenters. The van der Waals surface area contributed by atoms with Gasteiger partial charge in [-0.1, -0.05) is 41.0 Å². The SMILES string of the molecule is O=C(NCc1ccc(CN2CCOCC2)cc1)c1nc(Cn2cc(Cl)cn2)no1. The number of halogens is 1. The summed E-state index contributed by atoms with van der Waals surface area (Å²) in [5.74, 6) is -0.149. The van der Waals surface area contributed by atoms with Crippen molar-refractivity contribution in [1.82, 2.24) is 30.1 Å². The molecule has 0 bridgehead atoms. The average Bonchev–Trinajstić information content (AvgIpc) is 3.37. The van der Waals surface area contributed by atoms with Crippen LogP contribution in [0.15, 0.2) is 41.2 Å². The number of benzene rings is 1. The zero-order chi connectivity index (χ0) is 20.1. The Balaban J connectivity index is 1.27. The first-order chi connectivity index (χ1) is 14.2. The number of hydrogen-bond acceptors (Lipinski definition) is 7. The van der Waals surface area contributed by atoms with Crippen molar-refractivity contribution < 1.29 is 14.1 Å². The van der Waals surface area contributed by atoms with Gasteiger partial charge in [0.1, 0.15) is 6.54 Å². The number of nitrogens with one attached hydrogen (secondary N) is 1. The van der Waals surface area contributed by atoms with E-state index in [4.69, 9.17) is 20.9 Å². The van der Waals surface area contributed by atoms with Gasteiger partial charge in [0.25, 0.3) is 0 Å². The van der Waals surface area contributed by atoms with Gasteiger partial charge in [-0.25, -0.2) is 0 Å². The van der Waals surface area contributed by atoms with Gasteiger partial charge in [0.15, 0.2) is 5.82 Å². The van der Waals surface area contributed by atoms with Crippen molar-refractivity contribution in [1.29, 1.82) is 0 Å². The Morgan fingerprint density at radius 1 is 1.14 bits per heavy atom. The molecule has 1 aromatic carbocycles. The third kappa shape index (κ3) is 5.41. The largest absolute Gasteiger partial charge is 0.379 e. The first-order valence-electron chi connectivity index (χ1n) is 9.32. The molecule has 1 aliphatic heterocycles. The molecule has 29 heavy (non-hydrogen) atoms. The molecule has 0 saturated carbocycles. The molecule has 0 radical (unpaired) electrons. The zero-order valence-corrected chi connectivity index (χ0v) is 16.5. The number of ether oxygens (including phenoxy) is 1. The number of morpholine rings is 1. The molecule has 152 valence electrons. The Morgan fingerprint density at radius 3 is 2.62 bits per heavy atom. The van der Waals surface area contributed by atoms with Crippen molar-refractivity contribution in [2.24, 2.45) is 0 Å². The molecular formula is C19H21ClN6O3. The summed E-state index contributed by atoms with van der Waals surface area (Å²) in [4.78, 5) is 18.7. The van der Waals surface area contributed by atoms with E-state index in [2.05, 4.69) is 37.6 Å². The first kappa shape index (κ1) is 19.6. The molecular weight excluding hydrogens is 396 g/mol. The highest BCUT2D eigenvalue weighted by Crippen LogP contribution is 2.10. The summed E-state index contributed by atoms with van der Waals surface area (Å²) in [5, 5.41) is 11.1. The quantitative estimate of drug-likeness (QED) is 0.626. The Kier molecular flexibility index (Phi) is 6.18. The van der Waals surface area contributed by atoms with Crippen molar-refractivity contribution in [3.63, 3.8) is 0 Å². The van der Waals surface area contributed by atoms with Crippen molar-refractivity contribution in [2.75, 3.05) is 26.3 Å². The maximum absolute atomic E-state index is 12.2. The van der Waals surface area contributed by atoms with Crippen LogP contribution in [-0.2, 0) is 24.4 Å². The van der Waals surface area contributed by atoms with Crippen molar-refractivity contribution in [3.05, 3.63) is 64.5 Å². The lowest BCUT2D eigenvalue weighted by atomic mass is 10.1. The van der Waals surface area contributed by atoms with Crippen molar-refractivity contribution >= 4 is 17.5 Å². The minimum Gasteiger partial charge on any atom is -0.379 e. The summed E-state index contributed by atoms with van der Waals surface area (Å²) in [6.45, 7) is 5.04. The number of amides is 1. The minimum atomic E-state index is -0.417. The van der Waals surface area contributed by atoms with E-state index in [0.717, 1.165) is 38.4 Å². The summed E-state index contributed by atoms with van der Waals surface area (Å²) < 4.78 is 12.0. The highest BCUT2D eigenvalue weighted by atomic mass is 35.5. The van der Waals surface area contributed by atoms with Gasteiger partial charge in [0, 0.05) is 32.4 Å². The van der Waals surface area contributed by atoms with E-state index in [9.17, 15) is 4.79 Å². The van der Waals surface area contributed by atoms with E-state index < -0.39 is 5.91 Å². The highest BCUT2D eigenvalue weighted by Gasteiger charge is 2.15. The summed E-state index contributed by atoms with van der Waals surface area (Å²) in [6.07, 6.45) is 3.15. The molecule has 2 aromatic heterocycles. The normalized spacial score (nSPS) is 14.8. The summed E-state index contributed by atoms with van der Waals surface area (Å²) in [5.41, 5.74) is 2.23. The lowest BCUT2D eigenvalue weighted by Gasteiger charge is -2.26. The Morgan fingerprint density at radius 2 is 1.90 bits per heavy atom. The fourth-order valence-corrected chi connectivity index (χ4v) is 3.17. The van der Waals surface area contributed by atoms with E-state index in [1.165, 1.54) is 11.8 Å². The predicted molar refractivity (Wildman–Crippen MR) is 104 cm³/mol. The van der Waals surface area contributed by atoms with Gasteiger partial charge < -0.3 is 14.6 Å². The summed E-state index contributed by atoms with van der Waals surface area (Å²) in [7, 11) is 0. The van der Waals surface area contributed by atoms with E-state index >= 15 is 0 Å². The number of carbonyl (C=O) groups is 1. The van der Waals surface area contributed by atoms with E-state index in [-0.39, 0.29) is 12.4 Å². The standard InChI is InChI=1S/C19H21ClN6O3/c20-16-10-22-26(12-16)13-17-23-19(29-24-17)18(27)21-9-14-1-3-15(4-2-14)11-25-5-7-28-8-6-25/h1-4,10,12H,5-9,11,13H2,(H,21,27). The van der Waals surface area contributed by atoms with Crippen LogP contribution in [0.3, 0.4) is 0 Å². The predicted octanol–water partition coefficient (Wildman–Crippen LogP) is 1.73. The van der Waals surface area contributed by atoms with Gasteiger partial charge in [-0.15, -0.1) is 0 Å². The first-order valence-corrected chi connectivity index (χ1v) is 9.70. The van der Waals surface area contributed by atoms with E-state index in [1.54, 1.807) is 10.9 Å². The molecule has 3 aromatic rings. The van der Waals surface area contributed by atoms with Crippen LogP contribution in [-0.4, -0.2) is 57.0 Å². The lowest BCUT2D eigenvalue weighted by Crippen LogP contribution is -2.35. The van der Waals surface area contributed by atoms with Crippen LogP contribution in [0.25, 0.3) is 0 Å².